The molecule has 15 heavy (non-hydrogen) atoms. The first kappa shape index (κ1) is 11.4. The van der Waals surface area contributed by atoms with Gasteiger partial charge in [0.2, 0.25) is 0 Å². The molecule has 80 valence electrons. The molecule has 0 aliphatic heterocycles. The van der Waals surface area contributed by atoms with Gasteiger partial charge in [-0.05, 0) is 6.07 Å². The van der Waals surface area contributed by atoms with E-state index in [0.29, 0.717) is 5.56 Å². The number of anilines is 1. The standard InChI is InChI=1S/C10H13N3O2/c1-13(2)9-4-3-7(6-12-9)10(15)8(14)5-11/h3-4,6,8,10,14-15H,1-2H3. The molecule has 1 rings (SSSR count). The molecule has 2 unspecified atom stereocenters. The van der Waals surface area contributed by atoms with Gasteiger partial charge in [-0.3, -0.25) is 0 Å². The fourth-order valence-electron chi connectivity index (χ4n) is 1.09. The van der Waals surface area contributed by atoms with E-state index in [-0.39, 0.29) is 0 Å². The predicted molar refractivity (Wildman–Crippen MR) is 55.1 cm³/mol. The molecule has 0 aliphatic carbocycles. The van der Waals surface area contributed by atoms with Gasteiger partial charge in [0.25, 0.3) is 0 Å². The van der Waals surface area contributed by atoms with Gasteiger partial charge in [-0.25, -0.2) is 4.98 Å². The summed E-state index contributed by atoms with van der Waals surface area (Å²) in [6.07, 6.45) is -1.18. The molecule has 0 aliphatic rings. The van der Waals surface area contributed by atoms with E-state index in [4.69, 9.17) is 10.4 Å². The molecule has 1 aromatic rings. The quantitative estimate of drug-likeness (QED) is 0.685. The Balaban J connectivity index is 2.85. The number of aliphatic hydroxyl groups excluding tert-OH is 2. The van der Waals surface area contributed by atoms with Gasteiger partial charge in [0.05, 0.1) is 6.07 Å². The average Bonchev–Trinajstić information content (AvgIpc) is 2.27. The van der Waals surface area contributed by atoms with Crippen molar-refractivity contribution in [3.05, 3.63) is 23.9 Å². The number of nitrogens with zero attached hydrogens (tertiary/aromatic N) is 3. The van der Waals surface area contributed by atoms with Crippen molar-refractivity contribution in [1.29, 1.82) is 5.26 Å². The first-order valence-electron chi connectivity index (χ1n) is 4.45. The van der Waals surface area contributed by atoms with Crippen molar-refractivity contribution in [1.82, 2.24) is 4.98 Å². The first-order chi connectivity index (χ1) is 7.06. The number of rotatable bonds is 3. The molecule has 2 atom stereocenters. The van der Waals surface area contributed by atoms with Crippen molar-refractivity contribution in [3.63, 3.8) is 0 Å². The molecular formula is C10H13N3O2. The molecule has 0 saturated heterocycles. The summed E-state index contributed by atoms with van der Waals surface area (Å²) in [5.74, 6) is 0.748. The van der Waals surface area contributed by atoms with Gasteiger partial charge in [0.1, 0.15) is 11.9 Å². The number of nitriles is 1. The molecule has 5 nitrogen and oxygen atoms in total. The van der Waals surface area contributed by atoms with E-state index < -0.39 is 12.2 Å². The Kier molecular flexibility index (Phi) is 3.61. The second kappa shape index (κ2) is 4.73. The molecule has 1 aromatic heterocycles. The summed E-state index contributed by atoms with van der Waals surface area (Å²) in [4.78, 5) is 5.88. The average molecular weight is 207 g/mol. The highest BCUT2D eigenvalue weighted by molar-refractivity contribution is 5.37. The summed E-state index contributed by atoms with van der Waals surface area (Å²) in [6.45, 7) is 0. The molecule has 2 N–H and O–H groups in total. The van der Waals surface area contributed by atoms with Gasteiger partial charge in [0.15, 0.2) is 6.10 Å². The van der Waals surface area contributed by atoms with Crippen molar-refractivity contribution < 1.29 is 10.2 Å². The number of hydrogen-bond donors (Lipinski definition) is 2. The lowest BCUT2D eigenvalue weighted by Gasteiger charge is -2.14. The van der Waals surface area contributed by atoms with Crippen LogP contribution in [0.2, 0.25) is 0 Å². The molecular weight excluding hydrogens is 194 g/mol. The fraction of sp³-hybridized carbons (Fsp3) is 0.400. The van der Waals surface area contributed by atoms with Crippen molar-refractivity contribution in [2.45, 2.75) is 12.2 Å². The molecule has 5 heteroatoms. The largest absolute Gasteiger partial charge is 0.384 e. The normalized spacial score (nSPS) is 14.1. The topological polar surface area (TPSA) is 80.4 Å². The number of aromatic nitrogens is 1. The number of hydrogen-bond acceptors (Lipinski definition) is 5. The molecule has 0 fully saturated rings. The minimum Gasteiger partial charge on any atom is -0.384 e. The maximum atomic E-state index is 9.49. The van der Waals surface area contributed by atoms with Crippen molar-refractivity contribution in [3.8, 4) is 6.07 Å². The summed E-state index contributed by atoms with van der Waals surface area (Å²) >= 11 is 0. The van der Waals surface area contributed by atoms with Crippen LogP contribution in [0.3, 0.4) is 0 Å². The lowest BCUT2D eigenvalue weighted by molar-refractivity contribution is 0.0526. The zero-order valence-electron chi connectivity index (χ0n) is 8.62. The number of aliphatic hydroxyl groups is 2. The Bertz CT molecular complexity index is 356. The van der Waals surface area contributed by atoms with Crippen LogP contribution in [0.15, 0.2) is 18.3 Å². The van der Waals surface area contributed by atoms with Crippen LogP contribution in [0.5, 0.6) is 0 Å². The van der Waals surface area contributed by atoms with Crippen LogP contribution >= 0.6 is 0 Å². The first-order valence-corrected chi connectivity index (χ1v) is 4.45. The lowest BCUT2D eigenvalue weighted by Crippen LogP contribution is -2.16. The minimum atomic E-state index is -1.42. The highest BCUT2D eigenvalue weighted by Gasteiger charge is 2.17. The third-order valence-electron chi connectivity index (χ3n) is 2.00. The highest BCUT2D eigenvalue weighted by Crippen LogP contribution is 2.17. The molecule has 0 spiro atoms. The summed E-state index contributed by atoms with van der Waals surface area (Å²) in [7, 11) is 3.70. The van der Waals surface area contributed by atoms with Gasteiger partial charge >= 0.3 is 0 Å². The lowest BCUT2D eigenvalue weighted by atomic mass is 10.1. The summed E-state index contributed by atoms with van der Waals surface area (Å²) in [6, 6.07) is 4.91. The fourth-order valence-corrected chi connectivity index (χ4v) is 1.09. The molecule has 0 saturated carbocycles. The van der Waals surface area contributed by atoms with Gasteiger partial charge < -0.3 is 15.1 Å². The van der Waals surface area contributed by atoms with E-state index in [1.54, 1.807) is 18.2 Å². The van der Waals surface area contributed by atoms with Crippen LogP contribution in [0.1, 0.15) is 11.7 Å². The zero-order valence-corrected chi connectivity index (χ0v) is 8.62. The van der Waals surface area contributed by atoms with Crippen LogP contribution in [0, 0.1) is 11.3 Å². The second-order valence-electron chi connectivity index (χ2n) is 3.36. The predicted octanol–water partition coefficient (Wildman–Crippen LogP) is 0.0655. The van der Waals surface area contributed by atoms with E-state index >= 15 is 0 Å². The second-order valence-corrected chi connectivity index (χ2v) is 3.36. The Hall–Kier alpha value is -1.64. The minimum absolute atomic E-state index is 0.426. The molecule has 0 aromatic carbocycles. The maximum absolute atomic E-state index is 9.49. The van der Waals surface area contributed by atoms with Gasteiger partial charge in [-0.2, -0.15) is 5.26 Å². The van der Waals surface area contributed by atoms with E-state index in [9.17, 15) is 5.11 Å². The smallest absolute Gasteiger partial charge is 0.170 e. The van der Waals surface area contributed by atoms with Crippen LogP contribution in [-0.4, -0.2) is 35.4 Å². The summed E-state index contributed by atoms with van der Waals surface area (Å²) in [5, 5.41) is 27.0. The van der Waals surface area contributed by atoms with Crippen LogP contribution < -0.4 is 4.90 Å². The zero-order chi connectivity index (χ0) is 11.4. The van der Waals surface area contributed by atoms with Crippen molar-refractivity contribution >= 4 is 5.82 Å². The Morgan fingerprint density at radius 3 is 2.47 bits per heavy atom. The van der Waals surface area contributed by atoms with Gasteiger partial charge in [-0.15, -0.1) is 0 Å². The van der Waals surface area contributed by atoms with E-state index in [1.807, 2.05) is 19.0 Å². The Labute approximate surface area is 88.2 Å². The summed E-state index contributed by atoms with van der Waals surface area (Å²) < 4.78 is 0. The maximum Gasteiger partial charge on any atom is 0.170 e. The van der Waals surface area contributed by atoms with Crippen LogP contribution in [-0.2, 0) is 0 Å². The molecule has 1 heterocycles. The van der Waals surface area contributed by atoms with E-state index in [2.05, 4.69) is 4.98 Å². The van der Waals surface area contributed by atoms with Crippen LogP contribution in [0.4, 0.5) is 5.82 Å². The molecule has 0 bridgehead atoms. The molecule has 0 radical (unpaired) electrons. The van der Waals surface area contributed by atoms with E-state index in [1.165, 1.54) is 6.20 Å². The van der Waals surface area contributed by atoms with Crippen LogP contribution in [0.25, 0.3) is 0 Å². The van der Waals surface area contributed by atoms with Gasteiger partial charge in [0, 0.05) is 25.9 Å². The Morgan fingerprint density at radius 2 is 2.07 bits per heavy atom. The monoisotopic (exact) mass is 207 g/mol. The number of pyridine rings is 1. The summed E-state index contributed by atoms with van der Waals surface area (Å²) in [5.41, 5.74) is 0.426. The SMILES string of the molecule is CN(C)c1ccc(C(O)C(O)C#N)cn1. The van der Waals surface area contributed by atoms with Crippen molar-refractivity contribution in [2.75, 3.05) is 19.0 Å². The van der Waals surface area contributed by atoms with Gasteiger partial charge in [-0.1, -0.05) is 6.07 Å². The molecule has 0 amide bonds. The third kappa shape index (κ3) is 2.65. The van der Waals surface area contributed by atoms with E-state index in [0.717, 1.165) is 5.82 Å². The third-order valence-corrected chi connectivity index (χ3v) is 2.00. The Morgan fingerprint density at radius 1 is 1.40 bits per heavy atom. The van der Waals surface area contributed by atoms with Crippen molar-refractivity contribution in [2.24, 2.45) is 0 Å². The highest BCUT2D eigenvalue weighted by atomic mass is 16.3.